The van der Waals surface area contributed by atoms with Gasteiger partial charge < -0.3 is 20.1 Å². The van der Waals surface area contributed by atoms with Gasteiger partial charge in [-0.2, -0.15) is 0 Å². The second-order valence-electron chi connectivity index (χ2n) is 8.34. The molecule has 0 unspecified atom stereocenters. The Morgan fingerprint density at radius 1 is 1.15 bits per heavy atom. The third-order valence-electron chi connectivity index (χ3n) is 6.03. The fourth-order valence-corrected chi connectivity index (χ4v) is 5.52. The van der Waals surface area contributed by atoms with Gasteiger partial charge in [-0.3, -0.25) is 9.52 Å². The molecular weight excluding hydrogens is 458 g/mol. The number of hydrogen-bond acceptors (Lipinski definition) is 8. The Morgan fingerprint density at radius 2 is 1.91 bits per heavy atom. The van der Waals surface area contributed by atoms with Gasteiger partial charge in [-0.05, 0) is 48.2 Å². The molecule has 11 heteroatoms. The van der Waals surface area contributed by atoms with Crippen molar-refractivity contribution in [3.05, 3.63) is 42.2 Å². The van der Waals surface area contributed by atoms with E-state index in [0.29, 0.717) is 31.6 Å². The molecule has 1 saturated carbocycles. The highest BCUT2D eigenvalue weighted by molar-refractivity contribution is 7.93. The Labute approximate surface area is 197 Å². The molecule has 1 aliphatic heterocycles. The van der Waals surface area contributed by atoms with E-state index in [-0.39, 0.29) is 17.0 Å². The molecule has 1 aromatic heterocycles. The van der Waals surface area contributed by atoms with Gasteiger partial charge in [0.05, 0.1) is 42.3 Å². The molecule has 0 bridgehead atoms. The molecule has 1 saturated heterocycles. The second-order valence-corrected chi connectivity index (χ2v) is 10.3. The maximum Gasteiger partial charge on any atom is 0.252 e. The summed E-state index contributed by atoms with van der Waals surface area (Å²) < 4.78 is 38.7. The first-order chi connectivity index (χ1) is 16.4. The molecule has 0 spiro atoms. The van der Waals surface area contributed by atoms with Gasteiger partial charge in [0.15, 0.2) is 5.75 Å². The van der Waals surface area contributed by atoms with E-state index in [4.69, 9.17) is 15.2 Å². The van der Waals surface area contributed by atoms with Gasteiger partial charge in [0.2, 0.25) is 10.0 Å². The smallest absolute Gasteiger partial charge is 0.252 e. The highest BCUT2D eigenvalue weighted by Crippen LogP contribution is 2.39. The summed E-state index contributed by atoms with van der Waals surface area (Å²) in [6.45, 7) is 2.68. The number of morpholine rings is 1. The number of amides is 1. The lowest BCUT2D eigenvalue weighted by Crippen LogP contribution is -2.36. The lowest BCUT2D eigenvalue weighted by Gasteiger charge is -2.28. The zero-order valence-corrected chi connectivity index (χ0v) is 19.5. The standard InChI is InChI=1S/C23H25N5O5S/c1-32-21-18(22(24)29)11-15(12-20(21)27-34(30,31)16-3-4-16)14-2-5-19-17(10-14)23(26-13-25-19)28-6-8-33-9-7-28/h2,5,10-13,16,27H,3-4,6-9H2,1H3,(H2,24,29). The topological polar surface area (TPSA) is 137 Å². The van der Waals surface area contributed by atoms with Crippen LogP contribution in [0, 0.1) is 0 Å². The molecule has 3 aromatic rings. The van der Waals surface area contributed by atoms with Crippen LogP contribution in [0.25, 0.3) is 22.0 Å². The number of primary amides is 1. The van der Waals surface area contributed by atoms with E-state index in [0.717, 1.165) is 35.4 Å². The summed E-state index contributed by atoms with van der Waals surface area (Å²) in [5.41, 5.74) is 8.04. The monoisotopic (exact) mass is 483 g/mol. The number of rotatable bonds is 7. The molecule has 0 radical (unpaired) electrons. The largest absolute Gasteiger partial charge is 0.494 e. The fourth-order valence-electron chi connectivity index (χ4n) is 4.14. The fraction of sp³-hybridized carbons (Fsp3) is 0.348. The van der Waals surface area contributed by atoms with Gasteiger partial charge in [0, 0.05) is 18.5 Å². The molecule has 0 atom stereocenters. The number of nitrogens with zero attached hydrogens (tertiary/aromatic N) is 3. The number of nitrogens with one attached hydrogen (secondary N) is 1. The molecule has 2 aromatic carbocycles. The Balaban J connectivity index is 1.63. The van der Waals surface area contributed by atoms with Crippen LogP contribution in [0.1, 0.15) is 23.2 Å². The predicted octanol–water partition coefficient (Wildman–Crippen LogP) is 2.15. The maximum atomic E-state index is 12.6. The lowest BCUT2D eigenvalue weighted by molar-refractivity contribution is 0.0997. The Hall–Kier alpha value is -3.44. The number of carbonyl (C=O) groups excluding carboxylic acids is 1. The number of hydrogen-bond donors (Lipinski definition) is 2. The van der Waals surface area contributed by atoms with Crippen LogP contribution in [0.15, 0.2) is 36.7 Å². The van der Waals surface area contributed by atoms with Crippen molar-refractivity contribution in [2.24, 2.45) is 5.73 Å². The van der Waals surface area contributed by atoms with Gasteiger partial charge in [-0.1, -0.05) is 6.07 Å². The summed E-state index contributed by atoms with van der Waals surface area (Å²) in [6, 6.07) is 8.94. The normalized spacial score (nSPS) is 16.4. The average molecular weight is 484 g/mol. The molecule has 178 valence electrons. The van der Waals surface area contributed by atoms with E-state index in [9.17, 15) is 13.2 Å². The molecular formula is C23H25N5O5S. The average Bonchev–Trinajstić information content (AvgIpc) is 3.69. The molecule has 1 aliphatic carbocycles. The summed E-state index contributed by atoms with van der Waals surface area (Å²) in [5.74, 6) is 0.177. The van der Waals surface area contributed by atoms with Crippen molar-refractivity contribution >= 4 is 38.3 Å². The van der Waals surface area contributed by atoms with Crippen LogP contribution in [0.3, 0.4) is 0 Å². The third-order valence-corrected chi connectivity index (χ3v) is 7.89. The molecule has 2 aliphatic rings. The maximum absolute atomic E-state index is 12.6. The molecule has 1 amide bonds. The van der Waals surface area contributed by atoms with Crippen molar-refractivity contribution in [3.8, 4) is 16.9 Å². The summed E-state index contributed by atoms with van der Waals surface area (Å²) in [6.07, 6.45) is 2.75. The first-order valence-electron chi connectivity index (χ1n) is 11.0. The summed E-state index contributed by atoms with van der Waals surface area (Å²) >= 11 is 0. The summed E-state index contributed by atoms with van der Waals surface area (Å²) in [5, 5.41) is 0.408. The zero-order chi connectivity index (χ0) is 23.9. The van der Waals surface area contributed by atoms with Gasteiger partial charge in [0.1, 0.15) is 12.1 Å². The van der Waals surface area contributed by atoms with E-state index >= 15 is 0 Å². The van der Waals surface area contributed by atoms with Crippen LogP contribution in [0.5, 0.6) is 5.75 Å². The van der Waals surface area contributed by atoms with Crippen molar-refractivity contribution in [3.63, 3.8) is 0 Å². The van der Waals surface area contributed by atoms with Crippen LogP contribution in [0.2, 0.25) is 0 Å². The number of ether oxygens (including phenoxy) is 2. The quantitative estimate of drug-likeness (QED) is 0.522. The minimum absolute atomic E-state index is 0.0892. The molecule has 5 rings (SSSR count). The molecule has 2 heterocycles. The number of anilines is 2. The molecule has 34 heavy (non-hydrogen) atoms. The van der Waals surface area contributed by atoms with Crippen molar-refractivity contribution in [1.82, 2.24) is 9.97 Å². The van der Waals surface area contributed by atoms with E-state index in [1.807, 2.05) is 18.2 Å². The molecule has 10 nitrogen and oxygen atoms in total. The summed E-state index contributed by atoms with van der Waals surface area (Å²) in [7, 11) is -2.22. The Bertz CT molecular complexity index is 1370. The number of sulfonamides is 1. The van der Waals surface area contributed by atoms with E-state index in [1.165, 1.54) is 13.4 Å². The van der Waals surface area contributed by atoms with Crippen LogP contribution < -0.4 is 20.1 Å². The number of benzene rings is 2. The number of aromatic nitrogens is 2. The zero-order valence-electron chi connectivity index (χ0n) is 18.7. The first-order valence-corrected chi connectivity index (χ1v) is 12.5. The lowest BCUT2D eigenvalue weighted by atomic mass is 9.99. The Morgan fingerprint density at radius 3 is 2.59 bits per heavy atom. The van der Waals surface area contributed by atoms with E-state index in [2.05, 4.69) is 19.6 Å². The second kappa shape index (κ2) is 8.73. The first kappa shape index (κ1) is 22.4. The SMILES string of the molecule is COc1c(NS(=O)(=O)C2CC2)cc(-c2ccc3ncnc(N4CCOCC4)c3c2)cc1C(N)=O. The van der Waals surface area contributed by atoms with Gasteiger partial charge in [-0.15, -0.1) is 0 Å². The van der Waals surface area contributed by atoms with Crippen LogP contribution >= 0.6 is 0 Å². The Kier molecular flexibility index (Phi) is 5.74. The summed E-state index contributed by atoms with van der Waals surface area (Å²) in [4.78, 5) is 23.3. The van der Waals surface area contributed by atoms with Crippen molar-refractivity contribution in [1.29, 1.82) is 0 Å². The van der Waals surface area contributed by atoms with Crippen LogP contribution in [-0.2, 0) is 14.8 Å². The van der Waals surface area contributed by atoms with Gasteiger partial charge in [0.25, 0.3) is 5.91 Å². The molecule has 2 fully saturated rings. The minimum Gasteiger partial charge on any atom is -0.494 e. The minimum atomic E-state index is -3.59. The van der Waals surface area contributed by atoms with Gasteiger partial charge in [-0.25, -0.2) is 18.4 Å². The van der Waals surface area contributed by atoms with Crippen molar-refractivity contribution < 1.29 is 22.7 Å². The highest BCUT2D eigenvalue weighted by Gasteiger charge is 2.36. The van der Waals surface area contributed by atoms with Crippen molar-refractivity contribution in [2.45, 2.75) is 18.1 Å². The highest BCUT2D eigenvalue weighted by atomic mass is 32.2. The van der Waals surface area contributed by atoms with Gasteiger partial charge >= 0.3 is 0 Å². The van der Waals surface area contributed by atoms with E-state index < -0.39 is 21.2 Å². The van der Waals surface area contributed by atoms with Crippen molar-refractivity contribution in [2.75, 3.05) is 43.0 Å². The number of methoxy groups -OCH3 is 1. The predicted molar refractivity (Wildman–Crippen MR) is 129 cm³/mol. The third kappa shape index (κ3) is 4.24. The number of fused-ring (bicyclic) bond motifs is 1. The van der Waals surface area contributed by atoms with E-state index in [1.54, 1.807) is 12.1 Å². The van der Waals surface area contributed by atoms with Crippen LogP contribution in [-0.4, -0.2) is 63.0 Å². The molecule has 3 N–H and O–H groups in total. The van der Waals surface area contributed by atoms with Crippen LogP contribution in [0.4, 0.5) is 11.5 Å². The number of nitrogens with two attached hydrogens (primary N) is 1. The number of carbonyl (C=O) groups is 1.